The number of anilines is 1. The Hall–Kier alpha value is -4.98. The van der Waals surface area contributed by atoms with Gasteiger partial charge in [-0.2, -0.15) is 5.10 Å². The summed E-state index contributed by atoms with van der Waals surface area (Å²) < 4.78 is 3.43. The molecule has 0 aliphatic heterocycles. The first-order chi connectivity index (χ1) is 18.3. The van der Waals surface area contributed by atoms with E-state index in [0.717, 1.165) is 22.1 Å². The van der Waals surface area contributed by atoms with Crippen LogP contribution in [-0.4, -0.2) is 29.4 Å². The summed E-state index contributed by atoms with van der Waals surface area (Å²) in [5.41, 5.74) is 11.1. The van der Waals surface area contributed by atoms with E-state index in [0.29, 0.717) is 39.3 Å². The molecule has 0 radical (unpaired) electrons. The fourth-order valence-corrected chi connectivity index (χ4v) is 4.68. The lowest BCUT2D eigenvalue weighted by Gasteiger charge is -2.18. The third-order valence-corrected chi connectivity index (χ3v) is 6.47. The quantitative estimate of drug-likeness (QED) is 0.298. The van der Waals surface area contributed by atoms with Crippen molar-refractivity contribution < 1.29 is 5.11 Å². The lowest BCUT2D eigenvalue weighted by atomic mass is 10.1. The number of phenols is 1. The number of phenolic OH excluding ortho intramolecular Hbond substituents is 1. The molecule has 3 heterocycles. The van der Waals surface area contributed by atoms with E-state index >= 15 is 0 Å². The second kappa shape index (κ2) is 9.82. The van der Waals surface area contributed by atoms with E-state index in [9.17, 15) is 9.90 Å². The molecule has 190 valence electrons. The molecule has 0 aliphatic carbocycles. The van der Waals surface area contributed by atoms with Crippen molar-refractivity contribution in [3.05, 3.63) is 107 Å². The van der Waals surface area contributed by atoms with Crippen molar-refractivity contribution in [3.8, 4) is 17.0 Å². The van der Waals surface area contributed by atoms with Gasteiger partial charge in [-0.25, -0.2) is 14.6 Å². The fraction of sp³-hybridized carbons (Fsp3) is 0.133. The summed E-state index contributed by atoms with van der Waals surface area (Å²) in [5, 5.41) is 16.7. The molecule has 8 heteroatoms. The van der Waals surface area contributed by atoms with Crippen molar-refractivity contribution in [1.29, 1.82) is 0 Å². The zero-order chi connectivity index (χ0) is 27.0. The Balaban J connectivity index is 1.79. The number of aromatic hydroxyl groups is 1. The van der Waals surface area contributed by atoms with Gasteiger partial charge in [0.2, 0.25) is 0 Å². The van der Waals surface area contributed by atoms with Crippen LogP contribution < -0.4 is 11.3 Å². The highest BCUT2D eigenvalue weighted by Gasteiger charge is 2.20. The second-order valence-corrected chi connectivity index (χ2v) is 9.18. The highest BCUT2D eigenvalue weighted by molar-refractivity contribution is 5.98. The highest BCUT2D eigenvalue weighted by Crippen LogP contribution is 2.32. The molecule has 3 N–H and O–H groups in total. The fourth-order valence-electron chi connectivity index (χ4n) is 4.68. The average molecular weight is 505 g/mol. The Morgan fingerprint density at radius 2 is 1.89 bits per heavy atom. The Kier molecular flexibility index (Phi) is 6.38. The minimum atomic E-state index is -0.126. The number of hydrogen-bond acceptors (Lipinski definition) is 6. The van der Waals surface area contributed by atoms with E-state index in [-0.39, 0.29) is 17.9 Å². The number of benzene rings is 2. The van der Waals surface area contributed by atoms with Gasteiger partial charge >= 0.3 is 0 Å². The molecule has 0 amide bonds. The van der Waals surface area contributed by atoms with E-state index in [1.807, 2.05) is 63.3 Å². The van der Waals surface area contributed by atoms with Gasteiger partial charge in [-0.3, -0.25) is 9.36 Å². The molecule has 0 bridgehead atoms. The van der Waals surface area contributed by atoms with Crippen LogP contribution in [0.5, 0.6) is 5.75 Å². The molecule has 3 aromatic heterocycles. The van der Waals surface area contributed by atoms with Crippen molar-refractivity contribution in [3.63, 3.8) is 0 Å². The van der Waals surface area contributed by atoms with Crippen molar-refractivity contribution in [2.75, 3.05) is 5.73 Å². The smallest absolute Gasteiger partial charge is 0.263 e. The summed E-state index contributed by atoms with van der Waals surface area (Å²) in [6.07, 6.45) is 7.09. The van der Waals surface area contributed by atoms with Gasteiger partial charge in [0, 0.05) is 11.3 Å². The van der Waals surface area contributed by atoms with E-state index in [4.69, 9.17) is 10.8 Å². The van der Waals surface area contributed by atoms with Crippen molar-refractivity contribution in [2.24, 2.45) is 0 Å². The van der Waals surface area contributed by atoms with Crippen LogP contribution in [0.25, 0.3) is 38.8 Å². The number of rotatable bonds is 6. The number of nitrogen functional groups attached to an aromatic ring is 1. The van der Waals surface area contributed by atoms with Crippen LogP contribution in [0.4, 0.5) is 5.82 Å². The van der Waals surface area contributed by atoms with Crippen LogP contribution in [0, 0.1) is 6.92 Å². The summed E-state index contributed by atoms with van der Waals surface area (Å²) in [6.45, 7) is 10.1. The molecule has 0 saturated carbocycles. The number of pyridine rings is 1. The van der Waals surface area contributed by atoms with Gasteiger partial charge in [-0.15, -0.1) is 0 Å². The molecule has 2 aromatic carbocycles. The second-order valence-electron chi connectivity index (χ2n) is 9.18. The molecule has 0 saturated heterocycles. The third kappa shape index (κ3) is 4.26. The van der Waals surface area contributed by atoms with Gasteiger partial charge in [-0.1, -0.05) is 36.9 Å². The summed E-state index contributed by atoms with van der Waals surface area (Å²) in [4.78, 5) is 22.7. The zero-order valence-electron chi connectivity index (χ0n) is 21.5. The van der Waals surface area contributed by atoms with Crippen LogP contribution in [0.1, 0.15) is 25.1 Å². The van der Waals surface area contributed by atoms with Gasteiger partial charge in [0.1, 0.15) is 23.6 Å². The number of nitrogens with two attached hydrogens (primary N) is 1. The van der Waals surface area contributed by atoms with Gasteiger partial charge in [0.15, 0.2) is 5.65 Å². The predicted octanol–water partition coefficient (Wildman–Crippen LogP) is 5.45. The monoisotopic (exact) mass is 504 g/mol. The first kappa shape index (κ1) is 24.7. The normalized spacial score (nSPS) is 12.1. The molecule has 0 unspecified atom stereocenters. The number of fused-ring (bicyclic) bond motifs is 2. The molecule has 0 fully saturated rings. The molecule has 5 aromatic rings. The summed E-state index contributed by atoms with van der Waals surface area (Å²) in [5.74, 6) is 0.448. The maximum atomic E-state index is 14.0. The van der Waals surface area contributed by atoms with E-state index in [1.54, 1.807) is 33.5 Å². The SMILES string of the molecule is C=C(C)/C(=C\C=C/C)n1c(Cn2nc(-c3ccc(O)cc3)c3c(N)ncnc32)cc2cccc(C)c2c1=O. The molecule has 38 heavy (non-hydrogen) atoms. The number of aromatic nitrogens is 5. The third-order valence-electron chi connectivity index (χ3n) is 6.47. The molecule has 0 aliphatic rings. The van der Waals surface area contributed by atoms with Gasteiger partial charge in [0.25, 0.3) is 5.56 Å². The lowest BCUT2D eigenvalue weighted by Crippen LogP contribution is -2.25. The Morgan fingerprint density at radius 3 is 2.61 bits per heavy atom. The minimum Gasteiger partial charge on any atom is -0.508 e. The van der Waals surface area contributed by atoms with Crippen molar-refractivity contribution >= 4 is 33.3 Å². The van der Waals surface area contributed by atoms with Crippen molar-refractivity contribution in [1.82, 2.24) is 24.3 Å². The van der Waals surface area contributed by atoms with E-state index < -0.39 is 0 Å². The van der Waals surface area contributed by atoms with Gasteiger partial charge in [-0.05, 0) is 73.7 Å². The van der Waals surface area contributed by atoms with Crippen LogP contribution in [0.2, 0.25) is 0 Å². The molecule has 8 nitrogen and oxygen atoms in total. The largest absolute Gasteiger partial charge is 0.508 e. The molecule has 0 spiro atoms. The molecular weight excluding hydrogens is 476 g/mol. The maximum Gasteiger partial charge on any atom is 0.263 e. The average Bonchev–Trinajstić information content (AvgIpc) is 3.25. The van der Waals surface area contributed by atoms with Crippen molar-refractivity contribution in [2.45, 2.75) is 27.3 Å². The predicted molar refractivity (Wildman–Crippen MR) is 153 cm³/mol. The van der Waals surface area contributed by atoms with Gasteiger partial charge in [0.05, 0.1) is 23.0 Å². The van der Waals surface area contributed by atoms with Crippen LogP contribution in [-0.2, 0) is 6.54 Å². The first-order valence-corrected chi connectivity index (χ1v) is 12.2. The van der Waals surface area contributed by atoms with Gasteiger partial charge < -0.3 is 10.8 Å². The maximum absolute atomic E-state index is 14.0. The summed E-state index contributed by atoms with van der Waals surface area (Å²) in [6, 6.07) is 14.5. The zero-order valence-corrected chi connectivity index (χ0v) is 21.5. The summed E-state index contributed by atoms with van der Waals surface area (Å²) in [7, 11) is 0. The Bertz CT molecular complexity index is 1820. The number of aryl methyl sites for hydroxylation is 1. The first-order valence-electron chi connectivity index (χ1n) is 12.2. The van der Waals surface area contributed by atoms with E-state index in [2.05, 4.69) is 16.5 Å². The molecule has 5 rings (SSSR count). The number of allylic oxidation sites excluding steroid dienone is 5. The Labute approximate surface area is 219 Å². The molecule has 0 atom stereocenters. The highest BCUT2D eigenvalue weighted by atomic mass is 16.3. The van der Waals surface area contributed by atoms with E-state index in [1.165, 1.54) is 6.33 Å². The topological polar surface area (TPSA) is 112 Å². The lowest BCUT2D eigenvalue weighted by molar-refractivity contribution is 0.475. The molecular formula is C30H28N6O2. The number of hydrogen-bond donors (Lipinski definition) is 2. The van der Waals surface area contributed by atoms with Crippen LogP contribution in [0.15, 0.2) is 90.0 Å². The van der Waals surface area contributed by atoms with Crippen LogP contribution in [0.3, 0.4) is 0 Å². The minimum absolute atomic E-state index is 0.126. The standard InChI is InChI=1S/C30H28N6O2/c1-5-6-10-24(18(2)3)36-22(15-21-9-7-8-19(4)25(21)30(36)38)16-35-29-26(28(31)32-17-33-29)27(34-35)20-11-13-23(37)14-12-20/h5-15,17,37H,2,16H2,1,3-4H3,(H2,31,32,33)/b6-5-,24-10+. The van der Waals surface area contributed by atoms with Crippen LogP contribution >= 0.6 is 0 Å². The summed E-state index contributed by atoms with van der Waals surface area (Å²) >= 11 is 0. The number of nitrogens with zero attached hydrogens (tertiary/aromatic N) is 5. The Morgan fingerprint density at radius 1 is 1.13 bits per heavy atom.